The molecule has 1 aromatic rings. The Morgan fingerprint density at radius 2 is 1.43 bits per heavy atom. The minimum Gasteiger partial charge on any atom is -0.391 e. The summed E-state index contributed by atoms with van der Waals surface area (Å²) < 4.78 is 17.9. The van der Waals surface area contributed by atoms with Crippen LogP contribution < -0.4 is 0 Å². The molecule has 0 aromatic heterocycles. The molecule has 0 aliphatic heterocycles. The quantitative estimate of drug-likeness (QED) is 0.345. The molecule has 4 heteroatoms. The molecule has 4 nitrogen and oxygen atoms in total. The molecule has 1 aromatic carbocycles. The van der Waals surface area contributed by atoms with E-state index in [1.165, 1.54) is 38.5 Å². The monoisotopic (exact) mass is 394 g/mol. The molecule has 0 aliphatic carbocycles. The molecule has 4 atom stereocenters. The number of unbranched alkanes of at least 4 members (excludes halogenated alkanes) is 6. The highest BCUT2D eigenvalue weighted by atomic mass is 16.6. The molecule has 0 amide bonds. The number of rotatable bonds is 17. The molecule has 0 fully saturated rings. The summed E-state index contributed by atoms with van der Waals surface area (Å²) >= 11 is 0. The molecule has 0 radical (unpaired) electrons. The summed E-state index contributed by atoms with van der Waals surface area (Å²) in [5.41, 5.74) is 1.15. The lowest BCUT2D eigenvalue weighted by atomic mass is 10.0. The first-order valence-electron chi connectivity index (χ1n) is 11.1. The van der Waals surface area contributed by atoms with Crippen molar-refractivity contribution in [3.05, 3.63) is 35.9 Å². The van der Waals surface area contributed by atoms with E-state index in [1.807, 2.05) is 25.1 Å². The minimum absolute atomic E-state index is 0.0587. The molecule has 0 bridgehead atoms. The van der Waals surface area contributed by atoms with Crippen molar-refractivity contribution in [3.63, 3.8) is 0 Å². The molecule has 0 saturated carbocycles. The SMILES string of the molecule is CCCCCCCCCOC(c1ccccc1)C(C)OCC(C)OCC(C)O. The van der Waals surface area contributed by atoms with Crippen LogP contribution in [0.1, 0.15) is 84.3 Å². The zero-order chi connectivity index (χ0) is 20.6. The van der Waals surface area contributed by atoms with Crippen molar-refractivity contribution in [1.82, 2.24) is 0 Å². The molecule has 1 N–H and O–H groups in total. The predicted octanol–water partition coefficient (Wildman–Crippen LogP) is 5.69. The maximum Gasteiger partial charge on any atom is 0.108 e. The Bertz CT molecular complexity index is 463. The second-order valence-electron chi connectivity index (χ2n) is 7.85. The van der Waals surface area contributed by atoms with Gasteiger partial charge in [-0.25, -0.2) is 0 Å². The van der Waals surface area contributed by atoms with Crippen LogP contribution in [-0.4, -0.2) is 43.2 Å². The fourth-order valence-electron chi connectivity index (χ4n) is 3.14. The Morgan fingerprint density at radius 3 is 2.07 bits per heavy atom. The number of benzene rings is 1. The van der Waals surface area contributed by atoms with Gasteiger partial charge >= 0.3 is 0 Å². The summed E-state index contributed by atoms with van der Waals surface area (Å²) in [5, 5.41) is 9.33. The van der Waals surface area contributed by atoms with Crippen molar-refractivity contribution in [3.8, 4) is 0 Å². The average molecular weight is 395 g/mol. The van der Waals surface area contributed by atoms with E-state index in [0.717, 1.165) is 18.6 Å². The van der Waals surface area contributed by atoms with Crippen molar-refractivity contribution in [2.75, 3.05) is 19.8 Å². The smallest absolute Gasteiger partial charge is 0.108 e. The zero-order valence-corrected chi connectivity index (χ0v) is 18.4. The molecule has 4 unspecified atom stereocenters. The highest BCUT2D eigenvalue weighted by molar-refractivity contribution is 5.18. The van der Waals surface area contributed by atoms with Crippen LogP contribution in [0.25, 0.3) is 0 Å². The predicted molar refractivity (Wildman–Crippen MR) is 116 cm³/mol. The lowest BCUT2D eigenvalue weighted by molar-refractivity contribution is -0.101. The van der Waals surface area contributed by atoms with Crippen molar-refractivity contribution >= 4 is 0 Å². The molecule has 1 rings (SSSR count). The summed E-state index contributed by atoms with van der Waals surface area (Å²) in [5.74, 6) is 0. The van der Waals surface area contributed by atoms with Gasteiger partial charge < -0.3 is 19.3 Å². The zero-order valence-electron chi connectivity index (χ0n) is 18.4. The normalized spacial score (nSPS) is 15.9. The van der Waals surface area contributed by atoms with E-state index in [4.69, 9.17) is 14.2 Å². The van der Waals surface area contributed by atoms with Crippen LogP contribution in [-0.2, 0) is 14.2 Å². The largest absolute Gasteiger partial charge is 0.391 e. The van der Waals surface area contributed by atoms with Crippen LogP contribution in [0.5, 0.6) is 0 Å². The highest BCUT2D eigenvalue weighted by Crippen LogP contribution is 2.24. The van der Waals surface area contributed by atoms with Gasteiger partial charge in [-0.1, -0.05) is 75.8 Å². The Kier molecular flexibility index (Phi) is 14.3. The highest BCUT2D eigenvalue weighted by Gasteiger charge is 2.21. The number of ether oxygens (including phenoxy) is 3. The Morgan fingerprint density at radius 1 is 0.786 bits per heavy atom. The van der Waals surface area contributed by atoms with Crippen molar-refractivity contribution < 1.29 is 19.3 Å². The van der Waals surface area contributed by atoms with E-state index in [9.17, 15) is 5.11 Å². The first-order valence-corrected chi connectivity index (χ1v) is 11.1. The van der Waals surface area contributed by atoms with E-state index in [0.29, 0.717) is 13.2 Å². The molecule has 0 spiro atoms. The van der Waals surface area contributed by atoms with Crippen LogP contribution >= 0.6 is 0 Å². The summed E-state index contributed by atoms with van der Waals surface area (Å²) in [7, 11) is 0. The van der Waals surface area contributed by atoms with Crippen LogP contribution in [0, 0.1) is 0 Å². The summed E-state index contributed by atoms with van der Waals surface area (Å²) in [6.07, 6.45) is 8.28. The average Bonchev–Trinajstić information content (AvgIpc) is 2.70. The number of hydrogen-bond donors (Lipinski definition) is 1. The first kappa shape index (κ1) is 25.1. The lowest BCUT2D eigenvalue weighted by Gasteiger charge is -2.26. The van der Waals surface area contributed by atoms with Gasteiger partial charge in [0.1, 0.15) is 6.10 Å². The van der Waals surface area contributed by atoms with Crippen LogP contribution in [0.15, 0.2) is 30.3 Å². The standard InChI is InChI=1S/C24H42O4/c1-5-6-7-8-9-10-14-17-26-24(23-15-12-11-13-16-23)22(4)28-19-21(3)27-18-20(2)25/h11-13,15-16,20-22,24-25H,5-10,14,17-19H2,1-4H3. The second-order valence-corrected chi connectivity index (χ2v) is 7.85. The number of hydrogen-bond acceptors (Lipinski definition) is 4. The van der Waals surface area contributed by atoms with Crippen LogP contribution in [0.3, 0.4) is 0 Å². The Labute approximate surface area is 172 Å². The van der Waals surface area contributed by atoms with Crippen LogP contribution in [0.2, 0.25) is 0 Å². The van der Waals surface area contributed by atoms with E-state index in [2.05, 4.69) is 26.0 Å². The van der Waals surface area contributed by atoms with E-state index < -0.39 is 6.10 Å². The summed E-state index contributed by atoms with van der Waals surface area (Å²) in [6.45, 7) is 9.57. The van der Waals surface area contributed by atoms with Gasteiger partial charge in [0.2, 0.25) is 0 Å². The molecular formula is C24H42O4. The van der Waals surface area contributed by atoms with E-state index in [-0.39, 0.29) is 18.3 Å². The molecule has 0 saturated heterocycles. The third-order valence-corrected chi connectivity index (χ3v) is 4.82. The van der Waals surface area contributed by atoms with Gasteiger partial charge in [0.05, 0.1) is 31.5 Å². The Hall–Kier alpha value is -0.940. The van der Waals surface area contributed by atoms with Crippen molar-refractivity contribution in [2.45, 2.75) is 97.1 Å². The molecule has 28 heavy (non-hydrogen) atoms. The summed E-state index contributed by atoms with van der Waals surface area (Å²) in [6, 6.07) is 10.3. The maximum atomic E-state index is 9.33. The topological polar surface area (TPSA) is 47.9 Å². The minimum atomic E-state index is -0.456. The van der Waals surface area contributed by atoms with E-state index >= 15 is 0 Å². The van der Waals surface area contributed by atoms with E-state index in [1.54, 1.807) is 6.92 Å². The number of aliphatic hydroxyl groups is 1. The maximum absolute atomic E-state index is 9.33. The third kappa shape index (κ3) is 11.8. The first-order chi connectivity index (χ1) is 13.5. The molecule has 0 aliphatic rings. The van der Waals surface area contributed by atoms with Crippen molar-refractivity contribution in [2.24, 2.45) is 0 Å². The third-order valence-electron chi connectivity index (χ3n) is 4.82. The molecule has 162 valence electrons. The Balaban J connectivity index is 2.40. The fourth-order valence-corrected chi connectivity index (χ4v) is 3.14. The van der Waals surface area contributed by atoms with Crippen molar-refractivity contribution in [1.29, 1.82) is 0 Å². The van der Waals surface area contributed by atoms with Gasteiger partial charge in [0.25, 0.3) is 0 Å². The second kappa shape index (κ2) is 15.9. The van der Waals surface area contributed by atoms with Gasteiger partial charge in [0, 0.05) is 6.61 Å². The van der Waals surface area contributed by atoms with Gasteiger partial charge in [-0.3, -0.25) is 0 Å². The van der Waals surface area contributed by atoms with Crippen LogP contribution in [0.4, 0.5) is 0 Å². The molecule has 0 heterocycles. The van der Waals surface area contributed by atoms with Gasteiger partial charge in [-0.05, 0) is 32.8 Å². The summed E-state index contributed by atoms with van der Waals surface area (Å²) in [4.78, 5) is 0. The molecular weight excluding hydrogens is 352 g/mol. The number of aliphatic hydroxyl groups excluding tert-OH is 1. The lowest BCUT2D eigenvalue weighted by Crippen LogP contribution is -2.28. The van der Waals surface area contributed by atoms with Gasteiger partial charge in [-0.15, -0.1) is 0 Å². The van der Waals surface area contributed by atoms with Gasteiger partial charge in [0.15, 0.2) is 0 Å². The van der Waals surface area contributed by atoms with Gasteiger partial charge in [-0.2, -0.15) is 0 Å². The fraction of sp³-hybridized carbons (Fsp3) is 0.750.